The van der Waals surface area contributed by atoms with Crippen LogP contribution in [0.4, 0.5) is 0 Å². The second-order valence-electron chi connectivity index (χ2n) is 3.86. The van der Waals surface area contributed by atoms with Crippen LogP contribution in [0.15, 0.2) is 11.6 Å². The largest absolute Gasteiger partial charge is 0.334 e. The topological polar surface area (TPSA) is 44.1 Å². The van der Waals surface area contributed by atoms with Crippen molar-refractivity contribution in [3.63, 3.8) is 0 Å². The van der Waals surface area contributed by atoms with Crippen LogP contribution in [0.5, 0.6) is 0 Å². The summed E-state index contributed by atoms with van der Waals surface area (Å²) in [6, 6.07) is 2.19. The number of allylic oxidation sites excluding steroid dienone is 1. The summed E-state index contributed by atoms with van der Waals surface area (Å²) >= 11 is 0. The average molecular weight is 194 g/mol. The van der Waals surface area contributed by atoms with Crippen molar-refractivity contribution in [1.82, 2.24) is 4.90 Å². The number of carbonyl (C=O) groups excluding carboxylic acids is 1. The van der Waals surface area contributed by atoms with Gasteiger partial charge in [0.2, 0.25) is 0 Å². The molecule has 0 aromatic rings. The molecule has 0 saturated heterocycles. The van der Waals surface area contributed by atoms with Crippen LogP contribution in [0.25, 0.3) is 0 Å². The van der Waals surface area contributed by atoms with E-state index >= 15 is 0 Å². The fraction of sp³-hybridized carbons (Fsp3) is 0.636. The maximum absolute atomic E-state index is 11.8. The number of hydrogen-bond acceptors (Lipinski definition) is 2. The van der Waals surface area contributed by atoms with Gasteiger partial charge in [0.15, 0.2) is 0 Å². The van der Waals surface area contributed by atoms with Gasteiger partial charge in [0.1, 0.15) is 0 Å². The Morgan fingerprint density at radius 1 is 1.29 bits per heavy atom. The molecule has 0 aromatic carbocycles. The fourth-order valence-electron chi connectivity index (χ4n) is 1.43. The zero-order chi connectivity index (χ0) is 11.3. The molecule has 0 unspecified atom stereocenters. The minimum atomic E-state index is -0.0587. The van der Waals surface area contributed by atoms with Crippen molar-refractivity contribution in [3.8, 4) is 6.07 Å². The van der Waals surface area contributed by atoms with Crippen LogP contribution in [-0.2, 0) is 4.79 Å². The lowest BCUT2D eigenvalue weighted by atomic mass is 10.1. The number of nitriles is 1. The van der Waals surface area contributed by atoms with E-state index in [0.717, 1.165) is 0 Å². The Hall–Kier alpha value is -1.30. The van der Waals surface area contributed by atoms with Gasteiger partial charge in [0.05, 0.1) is 6.07 Å². The summed E-state index contributed by atoms with van der Waals surface area (Å²) in [5.41, 5.74) is 0.495. The monoisotopic (exact) mass is 194 g/mol. The van der Waals surface area contributed by atoms with Gasteiger partial charge in [0, 0.05) is 23.7 Å². The van der Waals surface area contributed by atoms with Gasteiger partial charge in [-0.3, -0.25) is 4.79 Å². The maximum atomic E-state index is 11.8. The standard InChI is InChI=1S/C11H18N2O/c1-8(2)13(9(3)4)11(14)10(5)6-7-12/h6,8-9H,1-5H3/b10-6+. The van der Waals surface area contributed by atoms with Crippen LogP contribution in [0.2, 0.25) is 0 Å². The fourth-order valence-corrected chi connectivity index (χ4v) is 1.43. The smallest absolute Gasteiger partial charge is 0.250 e. The van der Waals surface area contributed by atoms with Gasteiger partial charge in [-0.25, -0.2) is 0 Å². The zero-order valence-corrected chi connectivity index (χ0v) is 9.53. The first-order valence-corrected chi connectivity index (χ1v) is 4.80. The van der Waals surface area contributed by atoms with Crippen LogP contribution in [-0.4, -0.2) is 22.9 Å². The molecule has 78 valence electrons. The molecule has 0 N–H and O–H groups in total. The number of hydrogen-bond donors (Lipinski definition) is 0. The predicted octanol–water partition coefficient (Wildman–Crippen LogP) is 2.10. The molecule has 0 atom stereocenters. The molecule has 0 aromatic heterocycles. The van der Waals surface area contributed by atoms with Crippen molar-refractivity contribution < 1.29 is 4.79 Å². The highest BCUT2D eigenvalue weighted by molar-refractivity contribution is 5.93. The SMILES string of the molecule is C/C(=C\C#N)C(=O)N(C(C)C)C(C)C. The van der Waals surface area contributed by atoms with Crippen LogP contribution in [0.3, 0.4) is 0 Å². The van der Waals surface area contributed by atoms with Gasteiger partial charge in [-0.15, -0.1) is 0 Å². The molecule has 0 aliphatic carbocycles. The summed E-state index contributed by atoms with van der Waals surface area (Å²) in [5, 5.41) is 8.45. The Labute approximate surface area is 86.0 Å². The second kappa shape index (κ2) is 5.43. The molecule has 0 spiro atoms. The highest BCUT2D eigenvalue weighted by atomic mass is 16.2. The molecule has 0 aliphatic rings. The van der Waals surface area contributed by atoms with E-state index < -0.39 is 0 Å². The molecule has 0 saturated carbocycles. The maximum Gasteiger partial charge on any atom is 0.250 e. The normalized spacial score (nSPS) is 11.7. The third kappa shape index (κ3) is 3.21. The van der Waals surface area contributed by atoms with E-state index in [0.29, 0.717) is 5.57 Å². The highest BCUT2D eigenvalue weighted by Crippen LogP contribution is 2.10. The molecular formula is C11H18N2O. The van der Waals surface area contributed by atoms with E-state index in [4.69, 9.17) is 5.26 Å². The average Bonchev–Trinajstić information content (AvgIpc) is 2.03. The van der Waals surface area contributed by atoms with Crippen molar-refractivity contribution in [2.75, 3.05) is 0 Å². The van der Waals surface area contributed by atoms with E-state index in [1.165, 1.54) is 6.08 Å². The van der Waals surface area contributed by atoms with Crippen LogP contribution in [0.1, 0.15) is 34.6 Å². The summed E-state index contributed by atoms with van der Waals surface area (Å²) in [5.74, 6) is -0.0587. The first-order valence-electron chi connectivity index (χ1n) is 4.80. The van der Waals surface area contributed by atoms with Gasteiger partial charge in [-0.2, -0.15) is 5.26 Å². The molecule has 0 heterocycles. The van der Waals surface area contributed by atoms with Crippen molar-refractivity contribution in [1.29, 1.82) is 5.26 Å². The van der Waals surface area contributed by atoms with Crippen LogP contribution < -0.4 is 0 Å². The first-order chi connectivity index (χ1) is 6.41. The number of nitrogens with zero attached hydrogens (tertiary/aromatic N) is 2. The minimum Gasteiger partial charge on any atom is -0.334 e. The summed E-state index contributed by atoms with van der Waals surface area (Å²) in [6.45, 7) is 9.55. The lowest BCUT2D eigenvalue weighted by Crippen LogP contribution is -2.42. The third-order valence-corrected chi connectivity index (χ3v) is 1.97. The van der Waals surface area contributed by atoms with E-state index in [9.17, 15) is 4.79 Å². The number of amides is 1. The molecule has 0 rings (SSSR count). The second-order valence-corrected chi connectivity index (χ2v) is 3.86. The van der Waals surface area contributed by atoms with Crippen LogP contribution >= 0.6 is 0 Å². The minimum absolute atomic E-state index is 0.0587. The van der Waals surface area contributed by atoms with Gasteiger partial charge >= 0.3 is 0 Å². The molecular weight excluding hydrogens is 176 g/mol. The molecule has 3 nitrogen and oxygen atoms in total. The van der Waals surface area contributed by atoms with Crippen molar-refractivity contribution in [2.24, 2.45) is 0 Å². The lowest BCUT2D eigenvalue weighted by molar-refractivity contribution is -0.130. The van der Waals surface area contributed by atoms with Crippen molar-refractivity contribution >= 4 is 5.91 Å². The molecule has 3 heteroatoms. The van der Waals surface area contributed by atoms with Crippen molar-refractivity contribution in [3.05, 3.63) is 11.6 Å². The Morgan fingerprint density at radius 3 is 2.00 bits per heavy atom. The quantitative estimate of drug-likeness (QED) is 0.510. The predicted molar refractivity (Wildman–Crippen MR) is 56.5 cm³/mol. The number of carbonyl (C=O) groups is 1. The molecule has 1 amide bonds. The molecule has 0 radical (unpaired) electrons. The summed E-state index contributed by atoms with van der Waals surface area (Å²) < 4.78 is 0. The van der Waals surface area contributed by atoms with Crippen LogP contribution in [0, 0.1) is 11.3 Å². The van der Waals surface area contributed by atoms with Crippen molar-refractivity contribution in [2.45, 2.75) is 46.7 Å². The Morgan fingerprint density at radius 2 is 1.71 bits per heavy atom. The highest BCUT2D eigenvalue weighted by Gasteiger charge is 2.20. The summed E-state index contributed by atoms with van der Waals surface area (Å²) in [6.07, 6.45) is 1.29. The van der Waals surface area contributed by atoms with E-state index in [-0.39, 0.29) is 18.0 Å². The number of rotatable bonds is 3. The molecule has 0 aliphatic heterocycles. The molecule has 0 fully saturated rings. The summed E-state index contributed by atoms with van der Waals surface area (Å²) in [4.78, 5) is 13.6. The van der Waals surface area contributed by atoms with E-state index in [1.54, 1.807) is 11.8 Å². The first kappa shape index (κ1) is 12.7. The van der Waals surface area contributed by atoms with Gasteiger partial charge in [-0.1, -0.05) is 0 Å². The third-order valence-electron chi connectivity index (χ3n) is 1.97. The van der Waals surface area contributed by atoms with Gasteiger partial charge < -0.3 is 4.90 Å². The molecule has 14 heavy (non-hydrogen) atoms. The summed E-state index contributed by atoms with van der Waals surface area (Å²) in [7, 11) is 0. The zero-order valence-electron chi connectivity index (χ0n) is 9.53. The Kier molecular flexibility index (Phi) is 4.93. The molecule has 0 bridgehead atoms. The van der Waals surface area contributed by atoms with E-state index in [1.807, 2.05) is 33.8 Å². The lowest BCUT2D eigenvalue weighted by Gasteiger charge is -2.30. The van der Waals surface area contributed by atoms with Gasteiger partial charge in [0.25, 0.3) is 5.91 Å². The van der Waals surface area contributed by atoms with E-state index in [2.05, 4.69) is 0 Å². The Bertz CT molecular complexity index is 264. The Balaban J connectivity index is 4.80. The van der Waals surface area contributed by atoms with Gasteiger partial charge in [-0.05, 0) is 34.6 Å².